The standard InChI is InChI=1S/C15H17ClN4O/c1-9-4-10(2)6-12(5-9)20(3)15(21)11-7-13(16)14(19-17)18-8-11/h4-8H,17H2,1-3H3,(H,18,19). The van der Waals surface area contributed by atoms with Gasteiger partial charge in [-0.2, -0.15) is 0 Å². The van der Waals surface area contributed by atoms with Crippen molar-refractivity contribution in [2.45, 2.75) is 13.8 Å². The average Bonchev–Trinajstić information content (AvgIpc) is 2.44. The normalized spacial score (nSPS) is 10.3. The Morgan fingerprint density at radius 3 is 2.38 bits per heavy atom. The van der Waals surface area contributed by atoms with Gasteiger partial charge in [0, 0.05) is 18.9 Å². The number of hydrogen-bond donors (Lipinski definition) is 2. The molecule has 2 rings (SSSR count). The van der Waals surface area contributed by atoms with Crippen LogP contribution in [0.1, 0.15) is 21.5 Å². The molecule has 1 heterocycles. The van der Waals surface area contributed by atoms with Crippen LogP contribution >= 0.6 is 11.6 Å². The van der Waals surface area contributed by atoms with Crippen molar-refractivity contribution in [3.8, 4) is 0 Å². The number of aromatic nitrogens is 1. The molecule has 0 atom stereocenters. The highest BCUT2D eigenvalue weighted by Gasteiger charge is 2.16. The van der Waals surface area contributed by atoms with E-state index in [2.05, 4.69) is 16.5 Å². The summed E-state index contributed by atoms with van der Waals surface area (Å²) in [5.41, 5.74) is 5.80. The Kier molecular flexibility index (Phi) is 4.45. The monoisotopic (exact) mass is 304 g/mol. The second-order valence-electron chi connectivity index (χ2n) is 4.91. The molecule has 2 aromatic rings. The van der Waals surface area contributed by atoms with Gasteiger partial charge in [-0.3, -0.25) is 4.79 Å². The smallest absolute Gasteiger partial charge is 0.259 e. The molecule has 0 spiro atoms. The fourth-order valence-electron chi connectivity index (χ4n) is 2.12. The molecule has 0 aliphatic carbocycles. The minimum absolute atomic E-state index is 0.182. The maximum absolute atomic E-state index is 12.5. The lowest BCUT2D eigenvalue weighted by Gasteiger charge is -2.19. The number of nitrogen functional groups attached to an aromatic ring is 1. The van der Waals surface area contributed by atoms with Crippen LogP contribution in [0.15, 0.2) is 30.5 Å². The van der Waals surface area contributed by atoms with Gasteiger partial charge in [-0.1, -0.05) is 17.7 Å². The third-order valence-electron chi connectivity index (χ3n) is 3.12. The highest BCUT2D eigenvalue weighted by atomic mass is 35.5. The number of nitrogens with zero attached hydrogens (tertiary/aromatic N) is 2. The number of benzene rings is 1. The molecule has 0 aliphatic rings. The topological polar surface area (TPSA) is 71.2 Å². The third-order valence-corrected chi connectivity index (χ3v) is 3.41. The summed E-state index contributed by atoms with van der Waals surface area (Å²) < 4.78 is 0. The van der Waals surface area contributed by atoms with Crippen LogP contribution < -0.4 is 16.2 Å². The second kappa shape index (κ2) is 6.11. The molecular weight excluding hydrogens is 288 g/mol. The number of nitrogens with two attached hydrogens (primary N) is 1. The summed E-state index contributed by atoms with van der Waals surface area (Å²) in [5.74, 6) is 5.42. The molecule has 0 unspecified atom stereocenters. The predicted molar refractivity (Wildman–Crippen MR) is 85.7 cm³/mol. The minimum Gasteiger partial charge on any atom is -0.311 e. The zero-order valence-electron chi connectivity index (χ0n) is 12.1. The van der Waals surface area contributed by atoms with Crippen LogP contribution in [0.2, 0.25) is 5.02 Å². The molecule has 0 saturated heterocycles. The SMILES string of the molecule is Cc1cc(C)cc(N(C)C(=O)c2cnc(NN)c(Cl)c2)c1. The molecule has 3 N–H and O–H groups in total. The van der Waals surface area contributed by atoms with Crippen LogP contribution in [-0.4, -0.2) is 17.9 Å². The first-order valence-electron chi connectivity index (χ1n) is 6.41. The zero-order valence-corrected chi connectivity index (χ0v) is 12.9. The molecule has 1 amide bonds. The molecule has 0 radical (unpaired) electrons. The number of aryl methyl sites for hydroxylation is 2. The average molecular weight is 305 g/mol. The molecule has 0 aliphatic heterocycles. The molecule has 5 nitrogen and oxygen atoms in total. The third kappa shape index (κ3) is 3.32. The Bertz CT molecular complexity index is 667. The summed E-state index contributed by atoms with van der Waals surface area (Å²) in [6, 6.07) is 7.51. The van der Waals surface area contributed by atoms with E-state index in [1.165, 1.54) is 6.20 Å². The lowest BCUT2D eigenvalue weighted by Crippen LogP contribution is -2.26. The molecule has 110 valence electrons. The number of halogens is 1. The van der Waals surface area contributed by atoms with E-state index in [4.69, 9.17) is 17.4 Å². The Morgan fingerprint density at radius 2 is 1.86 bits per heavy atom. The van der Waals surface area contributed by atoms with Gasteiger partial charge in [0.2, 0.25) is 0 Å². The molecule has 1 aromatic carbocycles. The summed E-state index contributed by atoms with van der Waals surface area (Å²) in [4.78, 5) is 18.1. The Labute approximate surface area is 128 Å². The van der Waals surface area contributed by atoms with E-state index in [0.29, 0.717) is 16.4 Å². The van der Waals surface area contributed by atoms with Crippen molar-refractivity contribution >= 4 is 29.0 Å². The number of amides is 1. The maximum atomic E-state index is 12.5. The van der Waals surface area contributed by atoms with Crippen LogP contribution in [0.5, 0.6) is 0 Å². The molecule has 1 aromatic heterocycles. The van der Waals surface area contributed by atoms with Gasteiger partial charge in [0.1, 0.15) is 0 Å². The number of anilines is 2. The fourth-order valence-corrected chi connectivity index (χ4v) is 2.34. The molecule has 0 saturated carbocycles. The number of carbonyl (C=O) groups excluding carboxylic acids is 1. The highest BCUT2D eigenvalue weighted by Crippen LogP contribution is 2.23. The first-order chi connectivity index (χ1) is 9.92. The van der Waals surface area contributed by atoms with Crippen molar-refractivity contribution in [2.75, 3.05) is 17.4 Å². The first-order valence-corrected chi connectivity index (χ1v) is 6.78. The number of pyridine rings is 1. The quantitative estimate of drug-likeness (QED) is 0.675. The zero-order chi connectivity index (χ0) is 15.6. The van der Waals surface area contributed by atoms with Crippen molar-refractivity contribution < 1.29 is 4.79 Å². The molecule has 21 heavy (non-hydrogen) atoms. The lowest BCUT2D eigenvalue weighted by atomic mass is 10.1. The Hall–Kier alpha value is -2.11. The van der Waals surface area contributed by atoms with Crippen molar-refractivity contribution in [3.05, 3.63) is 52.2 Å². The minimum atomic E-state index is -0.182. The highest BCUT2D eigenvalue weighted by molar-refractivity contribution is 6.33. The summed E-state index contributed by atoms with van der Waals surface area (Å²) in [6.07, 6.45) is 1.45. The number of carbonyl (C=O) groups is 1. The lowest BCUT2D eigenvalue weighted by molar-refractivity contribution is 0.0992. The van der Waals surface area contributed by atoms with Crippen molar-refractivity contribution in [2.24, 2.45) is 5.84 Å². The molecular formula is C15H17ClN4O. The summed E-state index contributed by atoms with van der Waals surface area (Å²) in [7, 11) is 1.72. The largest absolute Gasteiger partial charge is 0.311 e. The van der Waals surface area contributed by atoms with Gasteiger partial charge in [0.15, 0.2) is 5.82 Å². The number of nitrogens with one attached hydrogen (secondary N) is 1. The predicted octanol–water partition coefficient (Wildman–Crippen LogP) is 2.91. The van der Waals surface area contributed by atoms with Crippen molar-refractivity contribution in [1.29, 1.82) is 0 Å². The first kappa shape index (κ1) is 15.3. The number of hydrazine groups is 1. The van der Waals surface area contributed by atoms with Crippen molar-refractivity contribution in [3.63, 3.8) is 0 Å². The Morgan fingerprint density at radius 1 is 1.24 bits per heavy atom. The van der Waals surface area contributed by atoms with Crippen LogP contribution in [0.4, 0.5) is 11.5 Å². The molecule has 6 heteroatoms. The van der Waals surface area contributed by atoms with Gasteiger partial charge in [-0.05, 0) is 43.2 Å². The molecule has 0 bridgehead atoms. The van der Waals surface area contributed by atoms with E-state index in [-0.39, 0.29) is 5.91 Å². The number of rotatable bonds is 3. The van der Waals surface area contributed by atoms with Crippen LogP contribution in [-0.2, 0) is 0 Å². The summed E-state index contributed by atoms with van der Waals surface area (Å²) in [6.45, 7) is 3.99. The molecule has 0 fully saturated rings. The van der Waals surface area contributed by atoms with Gasteiger partial charge in [-0.25, -0.2) is 10.8 Å². The Balaban J connectivity index is 2.32. The summed E-state index contributed by atoms with van der Waals surface area (Å²) in [5, 5.41) is 0.303. The fraction of sp³-hybridized carbons (Fsp3) is 0.200. The van der Waals surface area contributed by atoms with Gasteiger partial charge in [-0.15, -0.1) is 0 Å². The van der Waals surface area contributed by atoms with E-state index in [0.717, 1.165) is 16.8 Å². The van der Waals surface area contributed by atoms with Gasteiger partial charge in [0.25, 0.3) is 5.91 Å². The van der Waals surface area contributed by atoms with Crippen LogP contribution in [0.25, 0.3) is 0 Å². The van der Waals surface area contributed by atoms with E-state index in [1.54, 1.807) is 18.0 Å². The maximum Gasteiger partial charge on any atom is 0.259 e. The van der Waals surface area contributed by atoms with Crippen molar-refractivity contribution in [1.82, 2.24) is 4.98 Å². The van der Waals surface area contributed by atoms with E-state index in [1.807, 2.05) is 26.0 Å². The second-order valence-corrected chi connectivity index (χ2v) is 5.32. The van der Waals surface area contributed by atoms with Gasteiger partial charge in [0.05, 0.1) is 10.6 Å². The van der Waals surface area contributed by atoms with E-state index < -0.39 is 0 Å². The van der Waals surface area contributed by atoms with E-state index in [9.17, 15) is 4.79 Å². The number of hydrogen-bond acceptors (Lipinski definition) is 4. The van der Waals surface area contributed by atoms with Gasteiger partial charge >= 0.3 is 0 Å². The van der Waals surface area contributed by atoms with Crippen LogP contribution in [0, 0.1) is 13.8 Å². The van der Waals surface area contributed by atoms with Crippen LogP contribution in [0.3, 0.4) is 0 Å². The van der Waals surface area contributed by atoms with E-state index >= 15 is 0 Å². The summed E-state index contributed by atoms with van der Waals surface area (Å²) >= 11 is 6.00. The van der Waals surface area contributed by atoms with Gasteiger partial charge < -0.3 is 10.3 Å².